The monoisotopic (exact) mass is 414 g/mol. The van der Waals surface area contributed by atoms with E-state index in [1.54, 1.807) is 35.2 Å². The van der Waals surface area contributed by atoms with E-state index in [0.29, 0.717) is 30.8 Å². The van der Waals surface area contributed by atoms with Gasteiger partial charge in [-0.3, -0.25) is 9.59 Å². The molecule has 5 nitrogen and oxygen atoms in total. The minimum atomic E-state index is -4.63. The number of hydrogen-bond acceptors (Lipinski definition) is 3. The SMILES string of the molecule is O=C(Nc1ccc2c(c1)CCCN2C(=O)c1ccco1)c1ccccc1C(F)(F)F. The minimum Gasteiger partial charge on any atom is -0.459 e. The maximum absolute atomic E-state index is 13.2. The van der Waals surface area contributed by atoms with Crippen molar-refractivity contribution in [2.45, 2.75) is 19.0 Å². The Labute approximate surface area is 170 Å². The second-order valence-corrected chi connectivity index (χ2v) is 6.88. The van der Waals surface area contributed by atoms with Crippen molar-refractivity contribution in [3.63, 3.8) is 0 Å². The highest BCUT2D eigenvalue weighted by Crippen LogP contribution is 2.33. The van der Waals surface area contributed by atoms with Gasteiger partial charge in [-0.25, -0.2) is 0 Å². The molecule has 154 valence electrons. The van der Waals surface area contributed by atoms with Crippen molar-refractivity contribution >= 4 is 23.2 Å². The van der Waals surface area contributed by atoms with Crippen LogP contribution >= 0.6 is 0 Å². The molecule has 0 saturated heterocycles. The highest BCUT2D eigenvalue weighted by atomic mass is 19.4. The molecule has 0 radical (unpaired) electrons. The molecule has 1 aromatic heterocycles. The first-order valence-corrected chi connectivity index (χ1v) is 9.30. The van der Waals surface area contributed by atoms with Gasteiger partial charge in [0, 0.05) is 17.9 Å². The van der Waals surface area contributed by atoms with Crippen LogP contribution in [0.15, 0.2) is 65.3 Å². The third kappa shape index (κ3) is 3.80. The Morgan fingerprint density at radius 3 is 2.57 bits per heavy atom. The largest absolute Gasteiger partial charge is 0.459 e. The predicted octanol–water partition coefficient (Wildman–Crippen LogP) is 5.14. The van der Waals surface area contributed by atoms with Crippen molar-refractivity contribution in [3.05, 3.63) is 83.3 Å². The fraction of sp³-hybridized carbons (Fsp3) is 0.182. The number of alkyl halides is 3. The van der Waals surface area contributed by atoms with Gasteiger partial charge in [-0.2, -0.15) is 13.2 Å². The van der Waals surface area contributed by atoms with E-state index < -0.39 is 23.2 Å². The number of furan rings is 1. The van der Waals surface area contributed by atoms with Crippen molar-refractivity contribution in [2.75, 3.05) is 16.8 Å². The number of amides is 2. The Balaban J connectivity index is 1.58. The van der Waals surface area contributed by atoms with Crippen LogP contribution in [0.3, 0.4) is 0 Å². The molecule has 0 bridgehead atoms. The first-order chi connectivity index (χ1) is 14.3. The zero-order valence-corrected chi connectivity index (χ0v) is 15.7. The smallest absolute Gasteiger partial charge is 0.417 e. The van der Waals surface area contributed by atoms with Gasteiger partial charge in [0.05, 0.1) is 17.4 Å². The lowest BCUT2D eigenvalue weighted by atomic mass is 10.00. The summed E-state index contributed by atoms with van der Waals surface area (Å²) in [5, 5.41) is 2.53. The molecular weight excluding hydrogens is 397 g/mol. The second-order valence-electron chi connectivity index (χ2n) is 6.88. The van der Waals surface area contributed by atoms with Gasteiger partial charge in [-0.1, -0.05) is 12.1 Å². The second kappa shape index (κ2) is 7.70. The van der Waals surface area contributed by atoms with Crippen molar-refractivity contribution in [2.24, 2.45) is 0 Å². The number of benzene rings is 2. The minimum absolute atomic E-state index is 0.226. The van der Waals surface area contributed by atoms with Crippen LogP contribution in [0.1, 0.15) is 38.5 Å². The number of nitrogens with one attached hydrogen (secondary N) is 1. The number of carbonyl (C=O) groups is 2. The van der Waals surface area contributed by atoms with E-state index in [2.05, 4.69) is 5.32 Å². The van der Waals surface area contributed by atoms with Crippen LogP contribution in [-0.2, 0) is 12.6 Å². The molecule has 2 aromatic carbocycles. The lowest BCUT2D eigenvalue weighted by molar-refractivity contribution is -0.137. The van der Waals surface area contributed by atoms with E-state index in [1.165, 1.54) is 18.4 Å². The molecule has 1 aliphatic heterocycles. The van der Waals surface area contributed by atoms with E-state index in [1.807, 2.05) is 0 Å². The van der Waals surface area contributed by atoms with E-state index >= 15 is 0 Å². The molecule has 2 heterocycles. The van der Waals surface area contributed by atoms with Gasteiger partial charge in [0.15, 0.2) is 5.76 Å². The summed E-state index contributed by atoms with van der Waals surface area (Å²) in [6.07, 6.45) is -1.81. The third-order valence-corrected chi connectivity index (χ3v) is 4.91. The van der Waals surface area contributed by atoms with E-state index in [9.17, 15) is 22.8 Å². The molecule has 4 rings (SSSR count). The zero-order chi connectivity index (χ0) is 21.3. The van der Waals surface area contributed by atoms with Crippen LogP contribution < -0.4 is 10.2 Å². The molecular formula is C22H17F3N2O3. The normalized spacial score (nSPS) is 13.6. The molecule has 1 N–H and O–H groups in total. The Bertz CT molecular complexity index is 1090. The van der Waals surface area contributed by atoms with Crippen LogP contribution in [0.25, 0.3) is 0 Å². The summed E-state index contributed by atoms with van der Waals surface area (Å²) in [6.45, 7) is 0.525. The number of rotatable bonds is 3. The Hall–Kier alpha value is -3.55. The number of fused-ring (bicyclic) bond motifs is 1. The molecule has 0 saturated carbocycles. The molecule has 0 aliphatic carbocycles. The van der Waals surface area contributed by atoms with Crippen LogP contribution in [-0.4, -0.2) is 18.4 Å². The topological polar surface area (TPSA) is 62.6 Å². The Morgan fingerprint density at radius 2 is 1.83 bits per heavy atom. The standard InChI is InChI=1S/C22H17F3N2O3/c23-22(24,25)17-7-2-1-6-16(17)20(28)26-15-9-10-18-14(13-15)5-3-11-27(18)21(29)19-8-4-12-30-19/h1-2,4,6-10,12-13H,3,5,11H2,(H,26,28). The number of aryl methyl sites for hydroxylation is 1. The van der Waals surface area contributed by atoms with Gasteiger partial charge in [0.1, 0.15) is 0 Å². The van der Waals surface area contributed by atoms with Gasteiger partial charge in [0.25, 0.3) is 11.8 Å². The third-order valence-electron chi connectivity index (χ3n) is 4.91. The molecule has 8 heteroatoms. The first-order valence-electron chi connectivity index (χ1n) is 9.30. The highest BCUT2D eigenvalue weighted by Gasteiger charge is 2.35. The molecule has 0 fully saturated rings. The Morgan fingerprint density at radius 1 is 1.03 bits per heavy atom. The van der Waals surface area contributed by atoms with Crippen LogP contribution in [0.5, 0.6) is 0 Å². The van der Waals surface area contributed by atoms with Gasteiger partial charge in [-0.05, 0) is 60.9 Å². The fourth-order valence-electron chi connectivity index (χ4n) is 3.55. The molecule has 1 aliphatic rings. The molecule has 2 amide bonds. The van der Waals surface area contributed by atoms with Crippen molar-refractivity contribution in [1.82, 2.24) is 0 Å². The summed E-state index contributed by atoms with van der Waals surface area (Å²) in [6, 6.07) is 12.8. The first kappa shape index (κ1) is 19.8. The van der Waals surface area contributed by atoms with Crippen LogP contribution in [0.4, 0.5) is 24.5 Å². The van der Waals surface area contributed by atoms with E-state index in [4.69, 9.17) is 4.42 Å². The highest BCUT2D eigenvalue weighted by molar-refractivity contribution is 6.07. The molecule has 30 heavy (non-hydrogen) atoms. The van der Waals surface area contributed by atoms with Crippen molar-refractivity contribution in [1.29, 1.82) is 0 Å². The van der Waals surface area contributed by atoms with Crippen LogP contribution in [0, 0.1) is 0 Å². The number of carbonyl (C=O) groups excluding carboxylic acids is 2. The van der Waals surface area contributed by atoms with Gasteiger partial charge >= 0.3 is 6.18 Å². The summed E-state index contributed by atoms with van der Waals surface area (Å²) in [5.74, 6) is -0.886. The van der Waals surface area contributed by atoms with Gasteiger partial charge in [-0.15, -0.1) is 0 Å². The summed E-state index contributed by atoms with van der Waals surface area (Å²) in [5.41, 5.74) is 0.440. The van der Waals surface area contributed by atoms with Crippen LogP contribution in [0.2, 0.25) is 0 Å². The number of anilines is 2. The molecule has 0 atom stereocenters. The lowest BCUT2D eigenvalue weighted by Crippen LogP contribution is -2.35. The maximum atomic E-state index is 13.2. The zero-order valence-electron chi connectivity index (χ0n) is 15.7. The summed E-state index contributed by atoms with van der Waals surface area (Å²) >= 11 is 0. The van der Waals surface area contributed by atoms with E-state index in [-0.39, 0.29) is 11.7 Å². The summed E-state index contributed by atoms with van der Waals surface area (Å²) < 4.78 is 44.7. The number of nitrogens with zero attached hydrogens (tertiary/aromatic N) is 1. The summed E-state index contributed by atoms with van der Waals surface area (Å²) in [4.78, 5) is 26.7. The van der Waals surface area contributed by atoms with Gasteiger partial charge < -0.3 is 14.6 Å². The molecule has 0 spiro atoms. The van der Waals surface area contributed by atoms with Crippen molar-refractivity contribution in [3.8, 4) is 0 Å². The predicted molar refractivity (Wildman–Crippen MR) is 105 cm³/mol. The van der Waals surface area contributed by atoms with E-state index in [0.717, 1.165) is 17.7 Å². The maximum Gasteiger partial charge on any atom is 0.417 e. The fourth-order valence-corrected chi connectivity index (χ4v) is 3.55. The van der Waals surface area contributed by atoms with Crippen molar-refractivity contribution < 1.29 is 27.2 Å². The Kier molecular flexibility index (Phi) is 5.07. The van der Waals surface area contributed by atoms with Gasteiger partial charge in [0.2, 0.25) is 0 Å². The summed E-state index contributed by atoms with van der Waals surface area (Å²) in [7, 11) is 0. The molecule has 3 aromatic rings. The average molecular weight is 414 g/mol. The average Bonchev–Trinajstić information content (AvgIpc) is 3.27. The number of halogens is 3. The lowest BCUT2D eigenvalue weighted by Gasteiger charge is -2.29. The number of hydrogen-bond donors (Lipinski definition) is 1. The molecule has 0 unspecified atom stereocenters. The quantitative estimate of drug-likeness (QED) is 0.645.